The molecule has 32 heavy (non-hydrogen) atoms. The number of piperazine rings is 1. The van der Waals surface area contributed by atoms with Crippen molar-refractivity contribution >= 4 is 44.4 Å². The van der Waals surface area contributed by atoms with Crippen LogP contribution in [0.5, 0.6) is 0 Å². The molecule has 6 nitrogen and oxygen atoms in total. The van der Waals surface area contributed by atoms with Gasteiger partial charge in [-0.1, -0.05) is 36.4 Å². The summed E-state index contributed by atoms with van der Waals surface area (Å²) in [4.78, 5) is 17.3. The molecule has 1 saturated heterocycles. The van der Waals surface area contributed by atoms with Gasteiger partial charge in [0.05, 0.1) is 16.6 Å². The van der Waals surface area contributed by atoms with E-state index in [2.05, 4.69) is 99.6 Å². The Morgan fingerprint density at radius 1 is 0.844 bits per heavy atom. The fourth-order valence-electron chi connectivity index (χ4n) is 5.46. The quantitative estimate of drug-likeness (QED) is 0.446. The molecule has 7 rings (SSSR count). The number of benzene rings is 3. The molecule has 4 heterocycles. The highest BCUT2D eigenvalue weighted by molar-refractivity contribution is 6.09. The van der Waals surface area contributed by atoms with Crippen LogP contribution in [-0.4, -0.2) is 52.8 Å². The van der Waals surface area contributed by atoms with Crippen molar-refractivity contribution < 1.29 is 4.79 Å². The van der Waals surface area contributed by atoms with Gasteiger partial charge in [-0.2, -0.15) is 0 Å². The first-order chi connectivity index (χ1) is 15.7. The molecular formula is C26H23N5O. The molecule has 158 valence electrons. The van der Waals surface area contributed by atoms with E-state index in [1.807, 2.05) is 4.68 Å². The van der Waals surface area contributed by atoms with Gasteiger partial charge in [0.1, 0.15) is 11.9 Å². The number of carbonyl (C=O) groups is 1. The summed E-state index contributed by atoms with van der Waals surface area (Å²) >= 11 is 0. The number of para-hydroxylation sites is 2. The molecule has 0 radical (unpaired) electrons. The van der Waals surface area contributed by atoms with Crippen molar-refractivity contribution in [1.82, 2.24) is 14.1 Å². The summed E-state index contributed by atoms with van der Waals surface area (Å²) in [6, 6.07) is 25.7. The van der Waals surface area contributed by atoms with E-state index in [0.29, 0.717) is 0 Å². The monoisotopic (exact) mass is 421 g/mol. The molecule has 3 aromatic carbocycles. The number of hydrogen-bond donors (Lipinski definition) is 1. The standard InChI is InChI=1S/C26H23N5O/c1-28-12-13-29-24(16-28)26(32)27-31-21-11-10-18(14-17(21)15-25(29)31)30-22-8-4-2-6-19(22)20-7-3-5-9-23(20)30/h2-11,14-15,24H,12-13,16H2,1H3,(H,27,32). The number of anilines is 1. The van der Waals surface area contributed by atoms with Gasteiger partial charge < -0.3 is 14.4 Å². The number of amides is 1. The van der Waals surface area contributed by atoms with Crippen LogP contribution in [0.2, 0.25) is 0 Å². The molecule has 0 aliphatic carbocycles. The van der Waals surface area contributed by atoms with Crippen LogP contribution in [0.3, 0.4) is 0 Å². The van der Waals surface area contributed by atoms with E-state index in [1.165, 1.54) is 21.8 Å². The fraction of sp³-hybridized carbons (Fsp3) is 0.192. The second-order valence-electron chi connectivity index (χ2n) is 8.90. The van der Waals surface area contributed by atoms with Crippen LogP contribution in [0.4, 0.5) is 5.82 Å². The van der Waals surface area contributed by atoms with Gasteiger partial charge in [0.15, 0.2) is 0 Å². The third kappa shape index (κ3) is 2.35. The van der Waals surface area contributed by atoms with Crippen molar-refractivity contribution in [2.45, 2.75) is 6.04 Å². The topological polar surface area (TPSA) is 45.4 Å². The first-order valence-electron chi connectivity index (χ1n) is 11.1. The van der Waals surface area contributed by atoms with E-state index in [0.717, 1.165) is 42.0 Å². The Morgan fingerprint density at radius 2 is 1.56 bits per heavy atom. The molecule has 5 aromatic rings. The van der Waals surface area contributed by atoms with Crippen molar-refractivity contribution in [3.05, 3.63) is 72.8 Å². The number of likely N-dealkylation sites (N-methyl/N-ethyl adjacent to an activating group) is 1. The van der Waals surface area contributed by atoms with Gasteiger partial charge in [-0.3, -0.25) is 10.2 Å². The number of carbonyl (C=O) groups excluding carboxylic acids is 1. The Morgan fingerprint density at radius 3 is 2.31 bits per heavy atom. The van der Waals surface area contributed by atoms with Gasteiger partial charge in [0, 0.05) is 41.5 Å². The summed E-state index contributed by atoms with van der Waals surface area (Å²) in [6.45, 7) is 2.56. The maximum absolute atomic E-state index is 12.8. The summed E-state index contributed by atoms with van der Waals surface area (Å²) in [5.74, 6) is 1.13. The third-order valence-electron chi connectivity index (χ3n) is 7.01. The Labute approximate surface area is 185 Å². The Hall–Kier alpha value is -3.77. The predicted molar refractivity (Wildman–Crippen MR) is 129 cm³/mol. The number of nitrogens with one attached hydrogen (secondary N) is 1. The molecule has 1 unspecified atom stereocenters. The van der Waals surface area contributed by atoms with Crippen LogP contribution in [0.25, 0.3) is 38.4 Å². The fourth-order valence-corrected chi connectivity index (χ4v) is 5.46. The van der Waals surface area contributed by atoms with Crippen LogP contribution in [0, 0.1) is 0 Å². The summed E-state index contributed by atoms with van der Waals surface area (Å²) in [7, 11) is 2.08. The van der Waals surface area contributed by atoms with Crippen molar-refractivity contribution in [2.75, 3.05) is 37.0 Å². The molecule has 1 atom stereocenters. The molecule has 2 aliphatic rings. The first kappa shape index (κ1) is 17.9. The lowest BCUT2D eigenvalue weighted by Crippen LogP contribution is -2.61. The summed E-state index contributed by atoms with van der Waals surface area (Å²) in [5, 5.41) is 3.64. The van der Waals surface area contributed by atoms with Crippen molar-refractivity contribution in [2.24, 2.45) is 0 Å². The van der Waals surface area contributed by atoms with Gasteiger partial charge >= 0.3 is 0 Å². The van der Waals surface area contributed by atoms with Crippen LogP contribution < -0.4 is 10.3 Å². The lowest BCUT2D eigenvalue weighted by molar-refractivity contribution is -0.119. The van der Waals surface area contributed by atoms with E-state index in [4.69, 9.17) is 0 Å². The van der Waals surface area contributed by atoms with E-state index >= 15 is 0 Å². The molecule has 0 bridgehead atoms. The average molecular weight is 422 g/mol. The largest absolute Gasteiger partial charge is 0.342 e. The first-order valence-corrected chi connectivity index (χ1v) is 11.1. The van der Waals surface area contributed by atoms with Crippen LogP contribution in [-0.2, 0) is 4.79 Å². The highest BCUT2D eigenvalue weighted by Crippen LogP contribution is 2.35. The molecule has 1 fully saturated rings. The van der Waals surface area contributed by atoms with E-state index < -0.39 is 0 Å². The average Bonchev–Trinajstić information content (AvgIpc) is 3.34. The van der Waals surface area contributed by atoms with Crippen LogP contribution in [0.1, 0.15) is 0 Å². The predicted octanol–water partition coefficient (Wildman–Crippen LogP) is 3.94. The second kappa shape index (κ2) is 6.37. The van der Waals surface area contributed by atoms with Gasteiger partial charge in [0.25, 0.3) is 5.91 Å². The normalized spacial score (nSPS) is 18.8. The molecule has 0 saturated carbocycles. The van der Waals surface area contributed by atoms with E-state index in [9.17, 15) is 4.79 Å². The second-order valence-corrected chi connectivity index (χ2v) is 8.90. The molecule has 1 N–H and O–H groups in total. The Bertz CT molecular complexity index is 1490. The van der Waals surface area contributed by atoms with Crippen LogP contribution in [0.15, 0.2) is 72.8 Å². The van der Waals surface area contributed by atoms with Crippen molar-refractivity contribution in [1.29, 1.82) is 0 Å². The van der Waals surface area contributed by atoms with E-state index in [1.54, 1.807) is 0 Å². The number of nitrogens with zero attached hydrogens (tertiary/aromatic N) is 4. The minimum atomic E-state index is -0.137. The van der Waals surface area contributed by atoms with E-state index in [-0.39, 0.29) is 11.9 Å². The zero-order valence-electron chi connectivity index (χ0n) is 17.8. The summed E-state index contributed by atoms with van der Waals surface area (Å²) in [5.41, 5.74) is 7.66. The molecule has 6 heteroatoms. The third-order valence-corrected chi connectivity index (χ3v) is 7.01. The molecule has 0 spiro atoms. The maximum Gasteiger partial charge on any atom is 0.262 e. The Kier molecular flexibility index (Phi) is 3.56. The number of rotatable bonds is 1. The highest BCUT2D eigenvalue weighted by Gasteiger charge is 2.37. The summed E-state index contributed by atoms with van der Waals surface area (Å²) < 4.78 is 4.28. The zero-order chi connectivity index (χ0) is 21.4. The van der Waals surface area contributed by atoms with Crippen molar-refractivity contribution in [3.8, 4) is 5.69 Å². The molecule has 2 aliphatic heterocycles. The SMILES string of the molecule is CN1CCN2c3cc4cc(-n5c6ccccc6c6ccccc65)ccc4n3NC(=O)C2C1. The molecule has 1 amide bonds. The lowest BCUT2D eigenvalue weighted by atomic mass is 10.1. The maximum atomic E-state index is 12.8. The van der Waals surface area contributed by atoms with Crippen molar-refractivity contribution in [3.63, 3.8) is 0 Å². The molecular weight excluding hydrogens is 398 g/mol. The summed E-state index contributed by atoms with van der Waals surface area (Å²) in [6.07, 6.45) is 0. The van der Waals surface area contributed by atoms with Gasteiger partial charge in [0.2, 0.25) is 0 Å². The number of hydrogen-bond acceptors (Lipinski definition) is 3. The highest BCUT2D eigenvalue weighted by atomic mass is 16.2. The minimum Gasteiger partial charge on any atom is -0.342 e. The lowest BCUT2D eigenvalue weighted by Gasteiger charge is -2.43. The number of aromatic nitrogens is 2. The Balaban J connectivity index is 1.43. The number of fused-ring (bicyclic) bond motifs is 8. The molecule has 2 aromatic heterocycles. The smallest absolute Gasteiger partial charge is 0.262 e. The van der Waals surface area contributed by atoms with Gasteiger partial charge in [-0.05, 0) is 43.4 Å². The zero-order valence-corrected chi connectivity index (χ0v) is 17.8. The van der Waals surface area contributed by atoms with Gasteiger partial charge in [-0.25, -0.2) is 4.68 Å². The minimum absolute atomic E-state index is 0.0630. The van der Waals surface area contributed by atoms with Crippen LogP contribution >= 0.6 is 0 Å². The van der Waals surface area contributed by atoms with Gasteiger partial charge in [-0.15, -0.1) is 0 Å².